The number of nitrogens with zero attached hydrogens (tertiary/aromatic N) is 1. The number of rotatable bonds is 4. The Morgan fingerprint density at radius 3 is 2.67 bits per heavy atom. The van der Waals surface area contributed by atoms with E-state index in [2.05, 4.69) is 9.73 Å². The lowest BCUT2D eigenvalue weighted by molar-refractivity contribution is -0.135. The van der Waals surface area contributed by atoms with Crippen LogP contribution in [0.4, 0.5) is 4.39 Å². The van der Waals surface area contributed by atoms with Crippen molar-refractivity contribution in [3.8, 4) is 5.75 Å². The molecule has 1 aliphatic heterocycles. The second-order valence-electron chi connectivity index (χ2n) is 4.50. The number of carbonyl (C=O) groups excluding carboxylic acids is 1. The van der Waals surface area contributed by atoms with Gasteiger partial charge >= 0.3 is 5.97 Å². The van der Waals surface area contributed by atoms with Crippen molar-refractivity contribution in [1.82, 2.24) is 0 Å². The quantitative estimate of drug-likeness (QED) is 0.526. The van der Waals surface area contributed by atoms with Crippen molar-refractivity contribution in [3.63, 3.8) is 0 Å². The molecule has 0 saturated heterocycles. The van der Waals surface area contributed by atoms with E-state index in [9.17, 15) is 14.3 Å². The second kappa shape index (κ2) is 6.39. The topological polar surface area (TPSA) is 68.1 Å². The van der Waals surface area contributed by atoms with E-state index in [1.807, 2.05) is 0 Å². The van der Waals surface area contributed by atoms with Gasteiger partial charge in [-0.3, -0.25) is 4.99 Å². The normalized spacial score (nSPS) is 15.3. The first-order chi connectivity index (χ1) is 10.1. The van der Waals surface area contributed by atoms with Gasteiger partial charge in [0.1, 0.15) is 11.3 Å². The highest BCUT2D eigenvalue weighted by atomic mass is 19.1. The lowest BCUT2D eigenvalue weighted by Crippen LogP contribution is -2.15. The van der Waals surface area contributed by atoms with Crippen molar-refractivity contribution in [2.45, 2.75) is 12.8 Å². The Morgan fingerprint density at radius 2 is 2.14 bits per heavy atom. The van der Waals surface area contributed by atoms with Crippen molar-refractivity contribution >= 4 is 17.4 Å². The van der Waals surface area contributed by atoms with Crippen LogP contribution in [0.15, 0.2) is 28.8 Å². The maximum absolute atomic E-state index is 13.7. The first-order valence-corrected chi connectivity index (χ1v) is 6.47. The SMILES string of the molecule is COC(=O)/C(C1=NCCC1)=C(/O)c1ccc(OC)c(F)c1. The van der Waals surface area contributed by atoms with E-state index < -0.39 is 11.8 Å². The Morgan fingerprint density at radius 1 is 1.38 bits per heavy atom. The summed E-state index contributed by atoms with van der Waals surface area (Å²) in [4.78, 5) is 16.1. The summed E-state index contributed by atoms with van der Waals surface area (Å²) in [7, 11) is 2.57. The second-order valence-corrected chi connectivity index (χ2v) is 4.50. The lowest BCUT2D eigenvalue weighted by atomic mass is 10.0. The third-order valence-electron chi connectivity index (χ3n) is 3.21. The lowest BCUT2D eigenvalue weighted by Gasteiger charge is -2.10. The molecule has 1 aromatic rings. The van der Waals surface area contributed by atoms with Crippen LogP contribution in [0.1, 0.15) is 18.4 Å². The number of aliphatic hydroxyl groups excluding tert-OH is 1. The molecular formula is C15H16FNO4. The number of esters is 1. The minimum Gasteiger partial charge on any atom is -0.506 e. The van der Waals surface area contributed by atoms with Crippen molar-refractivity contribution < 1.29 is 23.8 Å². The average molecular weight is 293 g/mol. The van der Waals surface area contributed by atoms with Crippen molar-refractivity contribution in [2.75, 3.05) is 20.8 Å². The van der Waals surface area contributed by atoms with E-state index in [1.54, 1.807) is 0 Å². The number of halogens is 1. The van der Waals surface area contributed by atoms with E-state index in [0.717, 1.165) is 12.5 Å². The van der Waals surface area contributed by atoms with Gasteiger partial charge in [0.2, 0.25) is 0 Å². The van der Waals surface area contributed by atoms with E-state index in [0.29, 0.717) is 18.7 Å². The summed E-state index contributed by atoms with van der Waals surface area (Å²) in [5, 5.41) is 10.3. The maximum Gasteiger partial charge on any atom is 0.343 e. The van der Waals surface area contributed by atoms with Crippen molar-refractivity contribution in [3.05, 3.63) is 35.2 Å². The summed E-state index contributed by atoms with van der Waals surface area (Å²) in [6.45, 7) is 0.597. The van der Waals surface area contributed by atoms with Crippen LogP contribution >= 0.6 is 0 Å². The van der Waals surface area contributed by atoms with Gasteiger partial charge in [0, 0.05) is 12.1 Å². The number of carbonyl (C=O) groups is 1. The average Bonchev–Trinajstić information content (AvgIpc) is 3.00. The third-order valence-corrected chi connectivity index (χ3v) is 3.21. The highest BCUT2D eigenvalue weighted by Crippen LogP contribution is 2.26. The van der Waals surface area contributed by atoms with Gasteiger partial charge in [0.15, 0.2) is 11.6 Å². The standard InChI is InChI=1S/C15H16FNO4/c1-20-12-6-5-9(8-10(12)16)14(18)13(15(19)21-2)11-4-3-7-17-11/h5-6,8,18H,3-4,7H2,1-2H3/b14-13+. The molecule has 1 aliphatic rings. The molecule has 0 fully saturated rings. The molecule has 112 valence electrons. The molecule has 2 rings (SSSR count). The summed E-state index contributed by atoms with van der Waals surface area (Å²) < 4.78 is 23.2. The minimum atomic E-state index is -0.690. The van der Waals surface area contributed by atoms with Crippen molar-refractivity contribution in [1.29, 1.82) is 0 Å². The molecule has 0 atom stereocenters. The van der Waals surface area contributed by atoms with Gasteiger partial charge in [0.05, 0.1) is 19.9 Å². The molecule has 21 heavy (non-hydrogen) atoms. The number of benzene rings is 1. The fourth-order valence-electron chi connectivity index (χ4n) is 2.15. The monoisotopic (exact) mass is 293 g/mol. The van der Waals surface area contributed by atoms with Crippen LogP contribution in [-0.4, -0.2) is 37.6 Å². The van der Waals surface area contributed by atoms with Gasteiger partial charge in [-0.25, -0.2) is 9.18 Å². The smallest absolute Gasteiger partial charge is 0.343 e. The summed E-state index contributed by atoms with van der Waals surface area (Å²) in [5.74, 6) is -1.60. The predicted molar refractivity (Wildman–Crippen MR) is 76.1 cm³/mol. The molecular weight excluding hydrogens is 277 g/mol. The van der Waals surface area contributed by atoms with Gasteiger partial charge in [-0.05, 0) is 31.0 Å². The zero-order valence-corrected chi connectivity index (χ0v) is 11.9. The number of aliphatic hydroxyl groups is 1. The van der Waals surface area contributed by atoms with Gasteiger partial charge in [-0.1, -0.05) is 0 Å². The Balaban J connectivity index is 2.50. The van der Waals surface area contributed by atoms with Gasteiger partial charge in [-0.15, -0.1) is 0 Å². The molecule has 1 N–H and O–H groups in total. The van der Waals surface area contributed by atoms with Crippen LogP contribution in [0.2, 0.25) is 0 Å². The molecule has 0 saturated carbocycles. The molecule has 0 radical (unpaired) electrons. The van der Waals surface area contributed by atoms with Crippen LogP contribution in [0.3, 0.4) is 0 Å². The first kappa shape index (κ1) is 15.0. The summed E-state index contributed by atoms with van der Waals surface area (Å²) in [6, 6.07) is 3.95. The number of hydrogen-bond donors (Lipinski definition) is 1. The molecule has 0 amide bonds. The van der Waals surface area contributed by atoms with E-state index in [4.69, 9.17) is 4.74 Å². The van der Waals surface area contributed by atoms with Crippen LogP contribution in [0.25, 0.3) is 5.76 Å². The Bertz CT molecular complexity index is 622. The summed E-state index contributed by atoms with van der Waals surface area (Å²) in [5.41, 5.74) is 0.637. The molecule has 6 heteroatoms. The predicted octanol–water partition coefficient (Wildman–Crippen LogP) is 2.51. The summed E-state index contributed by atoms with van der Waals surface area (Å²) in [6.07, 6.45) is 1.38. The molecule has 0 spiro atoms. The summed E-state index contributed by atoms with van der Waals surface area (Å²) >= 11 is 0. The van der Waals surface area contributed by atoms with E-state index >= 15 is 0 Å². The Hall–Kier alpha value is -2.37. The first-order valence-electron chi connectivity index (χ1n) is 6.47. The maximum atomic E-state index is 13.7. The van der Waals surface area contributed by atoms with E-state index in [1.165, 1.54) is 26.4 Å². The van der Waals surface area contributed by atoms with Crippen LogP contribution in [-0.2, 0) is 9.53 Å². The third kappa shape index (κ3) is 3.04. The molecule has 1 aromatic carbocycles. The number of methoxy groups -OCH3 is 2. The van der Waals surface area contributed by atoms with Crippen LogP contribution < -0.4 is 4.74 Å². The van der Waals surface area contributed by atoms with Crippen LogP contribution in [0.5, 0.6) is 5.75 Å². The van der Waals surface area contributed by atoms with Gasteiger partial charge < -0.3 is 14.6 Å². The molecule has 5 nitrogen and oxygen atoms in total. The minimum absolute atomic E-state index is 0.0143. The molecule has 1 heterocycles. The zero-order chi connectivity index (χ0) is 15.4. The molecule has 0 aromatic heterocycles. The highest BCUT2D eigenvalue weighted by Gasteiger charge is 2.25. The van der Waals surface area contributed by atoms with E-state index in [-0.39, 0.29) is 22.6 Å². The molecule has 0 aliphatic carbocycles. The Labute approximate surface area is 121 Å². The van der Waals surface area contributed by atoms with Crippen LogP contribution in [0, 0.1) is 5.82 Å². The number of ether oxygens (including phenoxy) is 2. The van der Waals surface area contributed by atoms with Crippen molar-refractivity contribution in [2.24, 2.45) is 4.99 Å². The fraction of sp³-hybridized carbons (Fsp3) is 0.333. The van der Waals surface area contributed by atoms with Gasteiger partial charge in [-0.2, -0.15) is 0 Å². The molecule has 0 unspecified atom stereocenters. The fourth-order valence-corrected chi connectivity index (χ4v) is 2.15. The number of aliphatic imine (C=N–C) groups is 1. The molecule has 0 bridgehead atoms. The largest absolute Gasteiger partial charge is 0.506 e. The zero-order valence-electron chi connectivity index (χ0n) is 11.9. The highest BCUT2D eigenvalue weighted by molar-refractivity contribution is 6.24. The number of hydrogen-bond acceptors (Lipinski definition) is 5. The Kier molecular flexibility index (Phi) is 4.57. The van der Waals surface area contributed by atoms with Gasteiger partial charge in [0.25, 0.3) is 0 Å².